The summed E-state index contributed by atoms with van der Waals surface area (Å²) in [7, 11) is 0. The fourth-order valence-corrected chi connectivity index (χ4v) is 2.03. The third kappa shape index (κ3) is 2.61. The number of rotatable bonds is 3. The molecule has 0 saturated carbocycles. The average molecular weight is 211 g/mol. The number of aryl methyl sites for hydroxylation is 1. The summed E-state index contributed by atoms with van der Waals surface area (Å²) in [5, 5.41) is 1.59. The molecule has 3 nitrogen and oxygen atoms in total. The lowest BCUT2D eigenvalue weighted by Gasteiger charge is -2.11. The van der Waals surface area contributed by atoms with E-state index in [4.69, 9.17) is 5.73 Å². The Balaban J connectivity index is 2.96. The minimum atomic E-state index is 0.572. The number of anilines is 1. The molecule has 1 atom stereocenters. The molecule has 0 bridgehead atoms. The van der Waals surface area contributed by atoms with E-state index in [0.717, 1.165) is 22.8 Å². The van der Waals surface area contributed by atoms with E-state index < -0.39 is 0 Å². The van der Waals surface area contributed by atoms with Crippen LogP contribution in [0.4, 0.5) is 5.82 Å². The largest absolute Gasteiger partial charge is 0.383 e. The van der Waals surface area contributed by atoms with Gasteiger partial charge >= 0.3 is 0 Å². The highest BCUT2D eigenvalue weighted by Crippen LogP contribution is 2.28. The maximum Gasteiger partial charge on any atom is 0.131 e. The van der Waals surface area contributed by atoms with Gasteiger partial charge in [0.2, 0.25) is 0 Å². The summed E-state index contributed by atoms with van der Waals surface area (Å²) in [5.41, 5.74) is 6.78. The predicted molar refractivity (Wildman–Crippen MR) is 61.5 cm³/mol. The molecule has 0 aliphatic heterocycles. The monoisotopic (exact) mass is 211 g/mol. The molecular formula is C10H17N3S. The fourth-order valence-electron chi connectivity index (χ4n) is 1.01. The quantitative estimate of drug-likeness (QED) is 0.616. The van der Waals surface area contributed by atoms with Crippen LogP contribution in [0.25, 0.3) is 0 Å². The van der Waals surface area contributed by atoms with Gasteiger partial charge < -0.3 is 5.73 Å². The number of hydrogen-bond donors (Lipinski definition) is 1. The second-order valence-corrected chi connectivity index (χ2v) is 4.85. The predicted octanol–water partition coefficient (Wildman–Crippen LogP) is 2.57. The molecular weight excluding hydrogens is 194 g/mol. The summed E-state index contributed by atoms with van der Waals surface area (Å²) in [6.07, 6.45) is 1.13. The van der Waals surface area contributed by atoms with Gasteiger partial charge in [0.05, 0.1) is 0 Å². The Morgan fingerprint density at radius 1 is 1.36 bits per heavy atom. The van der Waals surface area contributed by atoms with Gasteiger partial charge in [-0.2, -0.15) is 0 Å². The van der Waals surface area contributed by atoms with Gasteiger partial charge in [-0.25, -0.2) is 9.97 Å². The van der Waals surface area contributed by atoms with E-state index in [-0.39, 0.29) is 0 Å². The van der Waals surface area contributed by atoms with Crippen molar-refractivity contribution in [3.8, 4) is 0 Å². The standard InChI is InChI=1S/C10H17N3S/c1-5-6(2)14-10-7(3)9(11)12-8(4)13-10/h6H,5H2,1-4H3,(H2,11,12,13). The summed E-state index contributed by atoms with van der Waals surface area (Å²) in [6.45, 7) is 8.21. The van der Waals surface area contributed by atoms with Crippen LogP contribution in [0.5, 0.6) is 0 Å². The molecule has 0 spiro atoms. The van der Waals surface area contributed by atoms with Gasteiger partial charge in [-0.1, -0.05) is 13.8 Å². The zero-order valence-electron chi connectivity index (χ0n) is 9.16. The van der Waals surface area contributed by atoms with Crippen LogP contribution in [0.2, 0.25) is 0 Å². The number of thioether (sulfide) groups is 1. The smallest absolute Gasteiger partial charge is 0.131 e. The molecule has 0 aliphatic rings. The van der Waals surface area contributed by atoms with E-state index in [9.17, 15) is 0 Å². The Kier molecular flexibility index (Phi) is 3.75. The first-order valence-corrected chi connectivity index (χ1v) is 5.70. The SMILES string of the molecule is CCC(C)Sc1nc(C)nc(N)c1C. The molecule has 4 heteroatoms. The van der Waals surface area contributed by atoms with Gasteiger partial charge in [0.25, 0.3) is 0 Å². The van der Waals surface area contributed by atoms with Gasteiger partial charge in [-0.05, 0) is 20.3 Å². The molecule has 0 amide bonds. The average Bonchev–Trinajstić information content (AvgIpc) is 2.13. The minimum Gasteiger partial charge on any atom is -0.383 e. The zero-order chi connectivity index (χ0) is 10.7. The summed E-state index contributed by atoms with van der Waals surface area (Å²) >= 11 is 1.77. The first-order valence-electron chi connectivity index (χ1n) is 4.82. The Morgan fingerprint density at radius 2 is 2.00 bits per heavy atom. The molecule has 2 N–H and O–H groups in total. The lowest BCUT2D eigenvalue weighted by Crippen LogP contribution is -2.03. The Labute approximate surface area is 89.5 Å². The molecule has 78 valence electrons. The normalized spacial score (nSPS) is 12.9. The van der Waals surface area contributed by atoms with Crippen LogP contribution in [0.15, 0.2) is 5.03 Å². The first-order chi connectivity index (χ1) is 6.54. The summed E-state index contributed by atoms with van der Waals surface area (Å²) in [5.74, 6) is 1.35. The molecule has 0 radical (unpaired) electrons. The van der Waals surface area contributed by atoms with Crippen LogP contribution in [0.3, 0.4) is 0 Å². The van der Waals surface area contributed by atoms with Crippen LogP contribution in [0, 0.1) is 13.8 Å². The molecule has 1 rings (SSSR count). The lowest BCUT2D eigenvalue weighted by molar-refractivity contribution is 0.888. The fraction of sp³-hybridized carbons (Fsp3) is 0.600. The maximum atomic E-state index is 5.77. The highest BCUT2D eigenvalue weighted by atomic mass is 32.2. The van der Waals surface area contributed by atoms with Crippen molar-refractivity contribution in [2.24, 2.45) is 0 Å². The van der Waals surface area contributed by atoms with Crippen molar-refractivity contribution >= 4 is 17.6 Å². The van der Waals surface area contributed by atoms with Crippen LogP contribution >= 0.6 is 11.8 Å². The van der Waals surface area contributed by atoms with E-state index in [1.54, 1.807) is 11.8 Å². The third-order valence-corrected chi connectivity index (χ3v) is 3.49. The van der Waals surface area contributed by atoms with Gasteiger partial charge in [0.1, 0.15) is 16.7 Å². The molecule has 1 aromatic rings. The van der Waals surface area contributed by atoms with Gasteiger partial charge in [0, 0.05) is 10.8 Å². The summed E-state index contributed by atoms with van der Waals surface area (Å²) < 4.78 is 0. The van der Waals surface area contributed by atoms with E-state index >= 15 is 0 Å². The van der Waals surface area contributed by atoms with Gasteiger partial charge in [-0.3, -0.25) is 0 Å². The highest BCUT2D eigenvalue weighted by Gasteiger charge is 2.10. The first kappa shape index (κ1) is 11.3. The van der Waals surface area contributed by atoms with Crippen molar-refractivity contribution < 1.29 is 0 Å². The third-order valence-electron chi connectivity index (χ3n) is 2.14. The van der Waals surface area contributed by atoms with Crippen molar-refractivity contribution in [3.63, 3.8) is 0 Å². The second kappa shape index (κ2) is 4.64. The molecule has 0 aliphatic carbocycles. The molecule has 0 fully saturated rings. The Morgan fingerprint density at radius 3 is 2.57 bits per heavy atom. The van der Waals surface area contributed by atoms with Crippen molar-refractivity contribution in [1.82, 2.24) is 9.97 Å². The number of nitrogens with zero attached hydrogens (tertiary/aromatic N) is 2. The Bertz CT molecular complexity index is 325. The van der Waals surface area contributed by atoms with Gasteiger partial charge in [0.15, 0.2) is 0 Å². The lowest BCUT2D eigenvalue weighted by atomic mass is 10.3. The van der Waals surface area contributed by atoms with Crippen LogP contribution < -0.4 is 5.73 Å². The van der Waals surface area contributed by atoms with Crippen molar-refractivity contribution in [2.45, 2.75) is 44.4 Å². The van der Waals surface area contributed by atoms with E-state index in [0.29, 0.717) is 11.1 Å². The molecule has 14 heavy (non-hydrogen) atoms. The van der Waals surface area contributed by atoms with Crippen molar-refractivity contribution in [2.75, 3.05) is 5.73 Å². The van der Waals surface area contributed by atoms with Crippen LogP contribution in [-0.2, 0) is 0 Å². The number of nitrogen functional groups attached to an aromatic ring is 1. The number of hydrogen-bond acceptors (Lipinski definition) is 4. The molecule has 0 aromatic carbocycles. The van der Waals surface area contributed by atoms with E-state index in [1.165, 1.54) is 0 Å². The molecule has 1 heterocycles. The van der Waals surface area contributed by atoms with Crippen molar-refractivity contribution in [1.29, 1.82) is 0 Å². The van der Waals surface area contributed by atoms with Crippen LogP contribution in [0.1, 0.15) is 31.7 Å². The maximum absolute atomic E-state index is 5.77. The van der Waals surface area contributed by atoms with E-state index in [2.05, 4.69) is 23.8 Å². The Hall–Kier alpha value is -0.770. The number of nitrogens with two attached hydrogens (primary N) is 1. The second-order valence-electron chi connectivity index (χ2n) is 3.42. The van der Waals surface area contributed by atoms with E-state index in [1.807, 2.05) is 13.8 Å². The summed E-state index contributed by atoms with van der Waals surface area (Å²) in [4.78, 5) is 8.51. The topological polar surface area (TPSA) is 51.8 Å². The van der Waals surface area contributed by atoms with Crippen molar-refractivity contribution in [3.05, 3.63) is 11.4 Å². The zero-order valence-corrected chi connectivity index (χ0v) is 9.98. The molecule has 0 saturated heterocycles. The molecule has 1 unspecified atom stereocenters. The summed E-state index contributed by atoms with van der Waals surface area (Å²) in [6, 6.07) is 0. The highest BCUT2D eigenvalue weighted by molar-refractivity contribution is 7.99. The minimum absolute atomic E-state index is 0.572. The van der Waals surface area contributed by atoms with Gasteiger partial charge in [-0.15, -0.1) is 11.8 Å². The van der Waals surface area contributed by atoms with Crippen LogP contribution in [-0.4, -0.2) is 15.2 Å². The number of aromatic nitrogens is 2. The molecule has 1 aromatic heterocycles.